The number of benzene rings is 1. The van der Waals surface area contributed by atoms with Crippen LogP contribution in [0, 0.1) is 6.92 Å². The van der Waals surface area contributed by atoms with Crippen LogP contribution in [0.3, 0.4) is 0 Å². The first-order valence-electron chi connectivity index (χ1n) is 7.31. The van der Waals surface area contributed by atoms with Crippen molar-refractivity contribution in [3.8, 4) is 11.3 Å². The maximum atomic E-state index is 4.58. The molecule has 2 rings (SSSR count). The first-order valence-corrected chi connectivity index (χ1v) is 7.31. The summed E-state index contributed by atoms with van der Waals surface area (Å²) in [4.78, 5) is 4.58. The van der Waals surface area contributed by atoms with Crippen LogP contribution in [0.1, 0.15) is 43.7 Å². The first kappa shape index (κ1) is 13.8. The van der Waals surface area contributed by atoms with E-state index in [0.717, 1.165) is 12.1 Å². The first-order chi connectivity index (χ1) is 9.29. The second-order valence-corrected chi connectivity index (χ2v) is 5.23. The Labute approximate surface area is 116 Å². The highest BCUT2D eigenvalue weighted by Crippen LogP contribution is 2.18. The number of rotatable bonds is 6. The van der Waals surface area contributed by atoms with Gasteiger partial charge in [0.2, 0.25) is 0 Å². The van der Waals surface area contributed by atoms with Gasteiger partial charge in [-0.25, -0.2) is 0 Å². The molecule has 0 saturated heterocycles. The maximum absolute atomic E-state index is 4.58. The number of unbranched alkanes of at least 4 members (excludes halogenated alkanes) is 3. The molecule has 19 heavy (non-hydrogen) atoms. The average Bonchev–Trinajstić information content (AvgIpc) is 2.45. The summed E-state index contributed by atoms with van der Waals surface area (Å²) in [7, 11) is 0. The lowest BCUT2D eigenvalue weighted by molar-refractivity contribution is 0.666. The van der Waals surface area contributed by atoms with Gasteiger partial charge in [-0.05, 0) is 31.4 Å². The number of pyridine rings is 1. The molecule has 0 amide bonds. The van der Waals surface area contributed by atoms with E-state index in [9.17, 15) is 0 Å². The summed E-state index contributed by atoms with van der Waals surface area (Å²) in [6, 6.07) is 12.9. The third kappa shape index (κ3) is 4.20. The van der Waals surface area contributed by atoms with E-state index >= 15 is 0 Å². The molecule has 0 aliphatic heterocycles. The molecule has 1 aromatic carbocycles. The predicted octanol–water partition coefficient (Wildman–Crippen LogP) is 5.18. The highest BCUT2D eigenvalue weighted by Gasteiger charge is 1.99. The Hall–Kier alpha value is -1.63. The summed E-state index contributed by atoms with van der Waals surface area (Å²) < 4.78 is 0. The molecule has 0 aliphatic carbocycles. The molecule has 1 aromatic heterocycles. The van der Waals surface area contributed by atoms with Gasteiger partial charge in [-0.3, -0.25) is 4.98 Å². The quantitative estimate of drug-likeness (QED) is 0.646. The summed E-state index contributed by atoms with van der Waals surface area (Å²) in [6.45, 7) is 4.36. The minimum Gasteiger partial charge on any atom is -0.256 e. The zero-order valence-electron chi connectivity index (χ0n) is 12.0. The molecule has 0 fully saturated rings. The molecule has 0 aliphatic rings. The molecule has 0 spiro atoms. The molecule has 1 nitrogen and oxygen atoms in total. The second-order valence-electron chi connectivity index (χ2n) is 5.23. The van der Waals surface area contributed by atoms with Crippen LogP contribution in [-0.4, -0.2) is 4.98 Å². The van der Waals surface area contributed by atoms with Crippen molar-refractivity contribution >= 4 is 0 Å². The topological polar surface area (TPSA) is 12.9 Å². The summed E-state index contributed by atoms with van der Waals surface area (Å²) in [5.74, 6) is 0. The third-order valence-electron chi connectivity index (χ3n) is 3.49. The molecule has 0 bridgehead atoms. The van der Waals surface area contributed by atoms with Crippen molar-refractivity contribution in [2.75, 3.05) is 0 Å². The fraction of sp³-hybridized carbons (Fsp3) is 0.389. The van der Waals surface area contributed by atoms with Crippen LogP contribution < -0.4 is 0 Å². The summed E-state index contributed by atoms with van der Waals surface area (Å²) in [5.41, 5.74) is 4.91. The van der Waals surface area contributed by atoms with Gasteiger partial charge in [0.05, 0.1) is 5.69 Å². The Morgan fingerprint density at radius 1 is 0.895 bits per heavy atom. The van der Waals surface area contributed by atoms with Crippen molar-refractivity contribution in [3.63, 3.8) is 0 Å². The number of aryl methyl sites for hydroxylation is 2. The second kappa shape index (κ2) is 7.08. The molecule has 2 aromatic rings. The van der Waals surface area contributed by atoms with Gasteiger partial charge in [0.15, 0.2) is 0 Å². The summed E-state index contributed by atoms with van der Waals surface area (Å²) in [6.07, 6.45) is 8.43. The van der Waals surface area contributed by atoms with E-state index in [4.69, 9.17) is 0 Å². The van der Waals surface area contributed by atoms with Gasteiger partial charge in [0.25, 0.3) is 0 Å². The van der Waals surface area contributed by atoms with Crippen molar-refractivity contribution in [1.29, 1.82) is 0 Å². The number of hydrogen-bond acceptors (Lipinski definition) is 1. The highest BCUT2D eigenvalue weighted by molar-refractivity contribution is 5.59. The maximum Gasteiger partial charge on any atom is 0.0702 e. The van der Waals surface area contributed by atoms with Gasteiger partial charge in [0.1, 0.15) is 0 Å². The van der Waals surface area contributed by atoms with Gasteiger partial charge in [-0.2, -0.15) is 0 Å². The van der Waals surface area contributed by atoms with E-state index in [0.29, 0.717) is 0 Å². The van der Waals surface area contributed by atoms with Crippen LogP contribution in [-0.2, 0) is 6.42 Å². The van der Waals surface area contributed by atoms with E-state index in [-0.39, 0.29) is 0 Å². The molecule has 1 heteroatoms. The fourth-order valence-corrected chi connectivity index (χ4v) is 2.22. The largest absolute Gasteiger partial charge is 0.256 e. The Bertz CT molecular complexity index is 482. The van der Waals surface area contributed by atoms with Gasteiger partial charge >= 0.3 is 0 Å². The third-order valence-corrected chi connectivity index (χ3v) is 3.49. The fourth-order valence-electron chi connectivity index (χ4n) is 2.22. The van der Waals surface area contributed by atoms with Crippen LogP contribution in [0.4, 0.5) is 0 Å². The van der Waals surface area contributed by atoms with E-state index in [2.05, 4.69) is 55.2 Å². The SMILES string of the molecule is CCCCCCc1ccc(-c2ccc(C)cc2)nc1. The Kier molecular flexibility index (Phi) is 5.14. The van der Waals surface area contributed by atoms with Crippen molar-refractivity contribution in [1.82, 2.24) is 4.98 Å². The van der Waals surface area contributed by atoms with Gasteiger partial charge < -0.3 is 0 Å². The standard InChI is InChI=1S/C18H23N/c1-3-4-5-6-7-16-10-13-18(19-14-16)17-11-8-15(2)9-12-17/h8-14H,3-7H2,1-2H3. The molecule has 0 saturated carbocycles. The van der Waals surface area contributed by atoms with Crippen LogP contribution >= 0.6 is 0 Å². The van der Waals surface area contributed by atoms with Crippen molar-refractivity contribution in [2.45, 2.75) is 46.0 Å². The van der Waals surface area contributed by atoms with E-state index in [1.807, 2.05) is 6.20 Å². The van der Waals surface area contributed by atoms with Crippen molar-refractivity contribution in [3.05, 3.63) is 53.7 Å². The van der Waals surface area contributed by atoms with Crippen molar-refractivity contribution in [2.24, 2.45) is 0 Å². The number of nitrogens with zero attached hydrogens (tertiary/aromatic N) is 1. The molecule has 100 valence electrons. The molecule has 0 N–H and O–H groups in total. The smallest absolute Gasteiger partial charge is 0.0702 e. The minimum atomic E-state index is 1.07. The monoisotopic (exact) mass is 253 g/mol. The van der Waals surface area contributed by atoms with E-state index in [1.54, 1.807) is 0 Å². The van der Waals surface area contributed by atoms with E-state index < -0.39 is 0 Å². The zero-order chi connectivity index (χ0) is 13.5. The molecule has 0 atom stereocenters. The van der Waals surface area contributed by atoms with Crippen LogP contribution in [0.2, 0.25) is 0 Å². The summed E-state index contributed by atoms with van der Waals surface area (Å²) >= 11 is 0. The molecule has 0 unspecified atom stereocenters. The highest BCUT2D eigenvalue weighted by atomic mass is 14.7. The van der Waals surface area contributed by atoms with Crippen LogP contribution in [0.25, 0.3) is 11.3 Å². The summed E-state index contributed by atoms with van der Waals surface area (Å²) in [5, 5.41) is 0. The molecular formula is C18H23N. The van der Waals surface area contributed by atoms with E-state index in [1.165, 1.54) is 42.4 Å². The lowest BCUT2D eigenvalue weighted by atomic mass is 10.1. The van der Waals surface area contributed by atoms with Crippen LogP contribution in [0.5, 0.6) is 0 Å². The molecular weight excluding hydrogens is 230 g/mol. The lowest BCUT2D eigenvalue weighted by Gasteiger charge is -2.04. The van der Waals surface area contributed by atoms with Crippen molar-refractivity contribution < 1.29 is 0 Å². The number of hydrogen-bond donors (Lipinski definition) is 0. The van der Waals surface area contributed by atoms with Gasteiger partial charge in [0, 0.05) is 11.8 Å². The predicted molar refractivity (Wildman–Crippen MR) is 82.3 cm³/mol. The molecule has 1 heterocycles. The van der Waals surface area contributed by atoms with Crippen LogP contribution in [0.15, 0.2) is 42.6 Å². The lowest BCUT2D eigenvalue weighted by Crippen LogP contribution is -1.89. The number of aromatic nitrogens is 1. The normalized spacial score (nSPS) is 10.6. The Morgan fingerprint density at radius 2 is 1.68 bits per heavy atom. The average molecular weight is 253 g/mol. The van der Waals surface area contributed by atoms with Gasteiger partial charge in [-0.15, -0.1) is 0 Å². The van der Waals surface area contributed by atoms with Gasteiger partial charge in [-0.1, -0.05) is 62.1 Å². The zero-order valence-corrected chi connectivity index (χ0v) is 12.0. The Morgan fingerprint density at radius 3 is 2.32 bits per heavy atom. The Balaban J connectivity index is 1.96. The molecule has 0 radical (unpaired) electrons. The minimum absolute atomic E-state index is 1.07.